The third-order valence-corrected chi connectivity index (χ3v) is 7.05. The lowest BCUT2D eigenvalue weighted by Gasteiger charge is -2.07. The number of aryl methyl sites for hydroxylation is 2. The summed E-state index contributed by atoms with van der Waals surface area (Å²) in [6.07, 6.45) is 0. The molecule has 0 saturated carbocycles. The van der Waals surface area contributed by atoms with Crippen molar-refractivity contribution >= 4 is 46.2 Å². The van der Waals surface area contributed by atoms with Gasteiger partial charge in [0.05, 0.1) is 17.2 Å². The molecule has 11 nitrogen and oxygen atoms in total. The minimum Gasteiger partial charge on any atom is -0.345 e. The molecule has 0 spiro atoms. The maximum absolute atomic E-state index is 12.7. The van der Waals surface area contributed by atoms with E-state index in [1.807, 2.05) is 26.0 Å². The topological polar surface area (TPSA) is 137 Å². The molecule has 0 fully saturated rings. The van der Waals surface area contributed by atoms with E-state index in [0.717, 1.165) is 5.56 Å². The Hall–Kier alpha value is -4.23. The third-order valence-electron chi connectivity index (χ3n) is 5.86. The van der Waals surface area contributed by atoms with Crippen LogP contribution in [0.1, 0.15) is 34.2 Å². The highest BCUT2D eigenvalue weighted by molar-refractivity contribution is 7.71. The van der Waals surface area contributed by atoms with Gasteiger partial charge in [0, 0.05) is 34.7 Å². The number of nitro benzene ring substituents is 1. The average Bonchev–Trinajstić information content (AvgIpc) is 3.46. The van der Waals surface area contributed by atoms with E-state index in [9.17, 15) is 19.7 Å². The van der Waals surface area contributed by atoms with E-state index in [2.05, 4.69) is 20.7 Å². The van der Waals surface area contributed by atoms with Crippen molar-refractivity contribution < 1.29 is 14.5 Å². The molecule has 0 bridgehead atoms. The molecule has 0 radical (unpaired) electrons. The Bertz CT molecular complexity index is 1590. The van der Waals surface area contributed by atoms with Crippen LogP contribution in [0.4, 0.5) is 10.8 Å². The molecule has 0 aliphatic rings. The first-order valence-corrected chi connectivity index (χ1v) is 13.0. The van der Waals surface area contributed by atoms with Crippen LogP contribution in [0.25, 0.3) is 11.3 Å². The summed E-state index contributed by atoms with van der Waals surface area (Å²) in [6.45, 7) is 5.97. The van der Waals surface area contributed by atoms with Crippen LogP contribution in [0.3, 0.4) is 0 Å². The zero-order valence-electron chi connectivity index (χ0n) is 20.9. The van der Waals surface area contributed by atoms with Crippen LogP contribution in [0.15, 0.2) is 47.8 Å². The van der Waals surface area contributed by atoms with E-state index < -0.39 is 4.92 Å². The maximum atomic E-state index is 12.7. The predicted octanol–water partition coefficient (Wildman–Crippen LogP) is 4.65. The van der Waals surface area contributed by atoms with E-state index in [-0.39, 0.29) is 30.6 Å². The Morgan fingerprint density at radius 1 is 1.16 bits per heavy atom. The summed E-state index contributed by atoms with van der Waals surface area (Å²) in [7, 11) is 0. The van der Waals surface area contributed by atoms with E-state index >= 15 is 0 Å². The van der Waals surface area contributed by atoms with Crippen molar-refractivity contribution in [1.29, 1.82) is 0 Å². The second-order valence-electron chi connectivity index (χ2n) is 8.44. The summed E-state index contributed by atoms with van der Waals surface area (Å²) >= 11 is 6.71. The zero-order chi connectivity index (χ0) is 27.4. The molecular formula is C25H25N7O4S2. The van der Waals surface area contributed by atoms with Crippen molar-refractivity contribution in [3.63, 3.8) is 0 Å². The van der Waals surface area contributed by atoms with Gasteiger partial charge in [-0.2, -0.15) is 5.10 Å². The Morgan fingerprint density at radius 3 is 2.63 bits per heavy atom. The van der Waals surface area contributed by atoms with Crippen molar-refractivity contribution in [3.8, 4) is 11.3 Å². The van der Waals surface area contributed by atoms with Gasteiger partial charge in [-0.05, 0) is 44.6 Å². The van der Waals surface area contributed by atoms with Crippen LogP contribution in [-0.4, -0.2) is 36.1 Å². The molecule has 2 aromatic carbocycles. The molecule has 2 aromatic heterocycles. The molecule has 38 heavy (non-hydrogen) atoms. The van der Waals surface area contributed by atoms with Crippen molar-refractivity contribution in [1.82, 2.24) is 24.6 Å². The fourth-order valence-electron chi connectivity index (χ4n) is 3.84. The molecular weight excluding hydrogens is 526 g/mol. The van der Waals surface area contributed by atoms with Crippen molar-refractivity contribution in [2.45, 2.75) is 40.4 Å². The third kappa shape index (κ3) is 5.84. The summed E-state index contributed by atoms with van der Waals surface area (Å²) in [5.41, 5.74) is 3.11. The van der Waals surface area contributed by atoms with Gasteiger partial charge in [-0.15, -0.1) is 11.3 Å². The SMILES string of the molecule is CCn1c(CNC(=O)c2ccccc2C)nn(CC(=O)Nc2nc(-c3ccc(C)c([N+](=O)[O-])c3)cs2)c1=S. The number of nitrogens with one attached hydrogen (secondary N) is 2. The monoisotopic (exact) mass is 551 g/mol. The average molecular weight is 552 g/mol. The van der Waals surface area contributed by atoms with E-state index in [1.165, 1.54) is 22.1 Å². The molecule has 0 aliphatic carbocycles. The molecule has 0 aliphatic heterocycles. The van der Waals surface area contributed by atoms with Crippen molar-refractivity contribution in [3.05, 3.63) is 85.2 Å². The highest BCUT2D eigenvalue weighted by Gasteiger charge is 2.17. The van der Waals surface area contributed by atoms with E-state index in [4.69, 9.17) is 12.2 Å². The number of carbonyl (C=O) groups is 2. The summed E-state index contributed by atoms with van der Waals surface area (Å²) in [6, 6.07) is 12.2. The largest absolute Gasteiger partial charge is 0.345 e. The number of benzene rings is 2. The summed E-state index contributed by atoms with van der Waals surface area (Å²) in [5.74, 6) is -0.0692. The number of rotatable bonds is 9. The normalized spacial score (nSPS) is 10.8. The van der Waals surface area contributed by atoms with Gasteiger partial charge in [0.15, 0.2) is 15.7 Å². The van der Waals surface area contributed by atoms with Gasteiger partial charge in [-0.1, -0.05) is 30.3 Å². The quantitative estimate of drug-likeness (QED) is 0.175. The summed E-state index contributed by atoms with van der Waals surface area (Å²) < 4.78 is 3.52. The lowest BCUT2D eigenvalue weighted by molar-refractivity contribution is -0.385. The van der Waals surface area contributed by atoms with Gasteiger partial charge in [0.1, 0.15) is 6.54 Å². The molecule has 2 heterocycles. The zero-order valence-corrected chi connectivity index (χ0v) is 22.6. The number of hydrogen-bond acceptors (Lipinski definition) is 8. The van der Waals surface area contributed by atoms with E-state index in [0.29, 0.717) is 44.7 Å². The van der Waals surface area contributed by atoms with E-state index in [1.54, 1.807) is 41.1 Å². The number of carbonyl (C=O) groups excluding carboxylic acids is 2. The van der Waals surface area contributed by atoms with Crippen molar-refractivity contribution in [2.24, 2.45) is 0 Å². The molecule has 2 amide bonds. The first kappa shape index (κ1) is 26.8. The number of hydrogen-bond donors (Lipinski definition) is 2. The van der Waals surface area contributed by atoms with Crippen LogP contribution in [-0.2, 0) is 24.4 Å². The highest BCUT2D eigenvalue weighted by atomic mass is 32.1. The lowest BCUT2D eigenvalue weighted by Crippen LogP contribution is -2.25. The molecule has 196 valence electrons. The number of amides is 2. The molecule has 2 N–H and O–H groups in total. The molecule has 0 saturated heterocycles. The Labute approximate surface area is 227 Å². The second kappa shape index (κ2) is 11.4. The molecule has 4 aromatic rings. The van der Waals surface area contributed by atoms with Gasteiger partial charge >= 0.3 is 0 Å². The minimum atomic E-state index is -0.435. The molecule has 0 unspecified atom stereocenters. The first-order valence-electron chi connectivity index (χ1n) is 11.7. The first-order chi connectivity index (χ1) is 18.2. The molecule has 0 atom stereocenters. The van der Waals surface area contributed by atoms with Gasteiger partial charge in [-0.3, -0.25) is 19.7 Å². The second-order valence-corrected chi connectivity index (χ2v) is 9.67. The number of anilines is 1. The minimum absolute atomic E-state index is 0.00729. The number of nitrogens with zero attached hydrogens (tertiary/aromatic N) is 5. The Balaban J connectivity index is 1.43. The van der Waals surface area contributed by atoms with Crippen LogP contribution >= 0.6 is 23.6 Å². The molecule has 13 heteroatoms. The maximum Gasteiger partial charge on any atom is 0.272 e. The van der Waals surface area contributed by atoms with Crippen LogP contribution < -0.4 is 10.6 Å². The fourth-order valence-corrected chi connectivity index (χ4v) is 4.92. The summed E-state index contributed by atoms with van der Waals surface area (Å²) in [4.78, 5) is 40.6. The van der Waals surface area contributed by atoms with Crippen LogP contribution in [0.2, 0.25) is 0 Å². The van der Waals surface area contributed by atoms with Gasteiger partial charge in [0.25, 0.3) is 11.6 Å². The standard InChI is InChI=1S/C25H25N7O4S2/c1-4-30-21(12-26-23(34)18-8-6-5-7-15(18)2)29-31(25(30)37)13-22(33)28-24-27-19(14-38-24)17-10-9-16(3)20(11-17)32(35)36/h5-11,14H,4,12-13H2,1-3H3,(H,26,34)(H,27,28,33). The fraction of sp³-hybridized carbons (Fsp3) is 0.240. The number of thiazole rings is 1. The Morgan fingerprint density at radius 2 is 1.92 bits per heavy atom. The van der Waals surface area contributed by atoms with Crippen LogP contribution in [0, 0.1) is 28.7 Å². The van der Waals surface area contributed by atoms with Gasteiger partial charge in [-0.25, -0.2) is 9.67 Å². The number of aromatic nitrogens is 4. The van der Waals surface area contributed by atoms with Crippen LogP contribution in [0.5, 0.6) is 0 Å². The summed E-state index contributed by atoms with van der Waals surface area (Å²) in [5, 5.41) is 23.4. The Kier molecular flexibility index (Phi) is 8.08. The predicted molar refractivity (Wildman–Crippen MR) is 147 cm³/mol. The highest BCUT2D eigenvalue weighted by Crippen LogP contribution is 2.29. The smallest absolute Gasteiger partial charge is 0.272 e. The lowest BCUT2D eigenvalue weighted by atomic mass is 10.1. The van der Waals surface area contributed by atoms with Crippen molar-refractivity contribution in [2.75, 3.05) is 5.32 Å². The van der Waals surface area contributed by atoms with Gasteiger partial charge in [0.2, 0.25) is 5.91 Å². The molecule has 4 rings (SSSR count). The van der Waals surface area contributed by atoms with Gasteiger partial charge < -0.3 is 15.2 Å². The number of nitro groups is 1.